The summed E-state index contributed by atoms with van der Waals surface area (Å²) in [5, 5.41) is 0. The molecule has 1 aromatic rings. The number of rotatable bonds is 5. The maximum absolute atomic E-state index is 11.5. The average Bonchev–Trinajstić information content (AvgIpc) is 2.26. The molecule has 0 amide bonds. The van der Waals surface area contributed by atoms with Crippen molar-refractivity contribution in [1.29, 1.82) is 0 Å². The van der Waals surface area contributed by atoms with Gasteiger partial charge >= 0.3 is 0 Å². The topological polar surface area (TPSA) is 43.4 Å². The predicted molar refractivity (Wildman–Crippen MR) is 78.6 cm³/mol. The van der Waals surface area contributed by atoms with Gasteiger partial charge in [-0.25, -0.2) is 8.42 Å². The summed E-state index contributed by atoms with van der Waals surface area (Å²) in [4.78, 5) is 0.149. The summed E-state index contributed by atoms with van der Waals surface area (Å²) in [6.45, 7) is 11.7. The Hall–Kier alpha value is -1.00. The van der Waals surface area contributed by atoms with Gasteiger partial charge in [-0.3, -0.25) is 0 Å². The zero-order chi connectivity index (χ0) is 14.8. The van der Waals surface area contributed by atoms with E-state index in [9.17, 15) is 8.42 Å². The first-order chi connectivity index (χ1) is 8.64. The van der Waals surface area contributed by atoms with Crippen molar-refractivity contribution in [1.82, 2.24) is 0 Å². The Morgan fingerprint density at radius 1 is 1.32 bits per heavy atom. The molecule has 0 aliphatic heterocycles. The van der Waals surface area contributed by atoms with E-state index in [4.69, 9.17) is 15.4 Å². The molecule has 0 N–H and O–H groups in total. The van der Waals surface area contributed by atoms with Gasteiger partial charge in [0, 0.05) is 17.1 Å². The Balaban J connectivity index is 3.16. The molecule has 5 heteroatoms. The third kappa shape index (κ3) is 3.98. The molecule has 3 nitrogen and oxygen atoms in total. The van der Waals surface area contributed by atoms with Crippen molar-refractivity contribution in [2.45, 2.75) is 39.0 Å². The molecule has 0 aliphatic rings. The van der Waals surface area contributed by atoms with E-state index < -0.39 is 9.05 Å². The molecule has 1 aromatic carbocycles. The molecule has 0 spiro atoms. The third-order valence-electron chi connectivity index (χ3n) is 3.02. The van der Waals surface area contributed by atoms with Crippen molar-refractivity contribution < 1.29 is 13.2 Å². The predicted octanol–water partition coefficient (Wildman–Crippen LogP) is 3.88. The Morgan fingerprint density at radius 3 is 2.37 bits per heavy atom. The molecule has 0 atom stereocenters. The Bertz CT molecular complexity index is 604. The molecule has 0 aromatic heterocycles. The number of benzene rings is 1. The zero-order valence-corrected chi connectivity index (χ0v) is 13.3. The first-order valence-electron chi connectivity index (χ1n) is 5.97. The zero-order valence-electron chi connectivity index (χ0n) is 11.7. The Morgan fingerprint density at radius 2 is 1.89 bits per heavy atom. The lowest BCUT2D eigenvalue weighted by Crippen LogP contribution is -2.05. The van der Waals surface area contributed by atoms with Crippen molar-refractivity contribution in [2.24, 2.45) is 0 Å². The van der Waals surface area contributed by atoms with E-state index in [0.29, 0.717) is 12.2 Å². The SMILES string of the molecule is C=C(C)CCOc1c(C)cc(S(=O)(=O)Cl)c(C)c1C. The van der Waals surface area contributed by atoms with Crippen LogP contribution in [0.15, 0.2) is 23.1 Å². The highest BCUT2D eigenvalue weighted by Crippen LogP contribution is 2.32. The van der Waals surface area contributed by atoms with Crippen molar-refractivity contribution in [3.63, 3.8) is 0 Å². The fraction of sp³-hybridized carbons (Fsp3) is 0.429. The van der Waals surface area contributed by atoms with Crippen LogP contribution in [0, 0.1) is 20.8 Å². The van der Waals surface area contributed by atoms with Gasteiger partial charge in [0.25, 0.3) is 9.05 Å². The molecule has 0 saturated carbocycles. The van der Waals surface area contributed by atoms with Crippen molar-refractivity contribution in [3.05, 3.63) is 34.9 Å². The highest BCUT2D eigenvalue weighted by atomic mass is 35.7. The molecular formula is C14H19ClO3S. The molecule has 106 valence electrons. The fourth-order valence-electron chi connectivity index (χ4n) is 1.82. The van der Waals surface area contributed by atoms with Gasteiger partial charge in [0.05, 0.1) is 11.5 Å². The van der Waals surface area contributed by atoms with E-state index in [-0.39, 0.29) is 4.90 Å². The third-order valence-corrected chi connectivity index (χ3v) is 4.46. The summed E-state index contributed by atoms with van der Waals surface area (Å²) in [6, 6.07) is 1.56. The summed E-state index contributed by atoms with van der Waals surface area (Å²) in [7, 11) is 1.70. The van der Waals surface area contributed by atoms with E-state index in [1.165, 1.54) is 0 Å². The van der Waals surface area contributed by atoms with Gasteiger partial charge in [0.1, 0.15) is 5.75 Å². The summed E-state index contributed by atoms with van der Waals surface area (Å²) in [5.41, 5.74) is 3.25. The van der Waals surface area contributed by atoms with Gasteiger partial charge in [0.15, 0.2) is 0 Å². The van der Waals surface area contributed by atoms with Gasteiger partial charge < -0.3 is 4.74 Å². The van der Waals surface area contributed by atoms with Crippen molar-refractivity contribution in [2.75, 3.05) is 6.61 Å². The van der Waals surface area contributed by atoms with Gasteiger partial charge in [-0.1, -0.05) is 5.57 Å². The number of halogens is 1. The van der Waals surface area contributed by atoms with Crippen LogP contribution in [0.5, 0.6) is 5.75 Å². The number of hydrogen-bond donors (Lipinski definition) is 0. The molecule has 0 fully saturated rings. The van der Waals surface area contributed by atoms with Crippen LogP contribution in [0.3, 0.4) is 0 Å². The van der Waals surface area contributed by atoms with Crippen LogP contribution in [0.25, 0.3) is 0 Å². The van der Waals surface area contributed by atoms with Crippen LogP contribution < -0.4 is 4.74 Å². The lowest BCUT2D eigenvalue weighted by Gasteiger charge is -2.16. The summed E-state index contributed by atoms with van der Waals surface area (Å²) >= 11 is 0. The van der Waals surface area contributed by atoms with Gasteiger partial charge in [0.2, 0.25) is 0 Å². The number of aryl methyl sites for hydroxylation is 1. The second-order valence-electron chi connectivity index (χ2n) is 4.76. The van der Waals surface area contributed by atoms with Gasteiger partial charge in [-0.2, -0.15) is 0 Å². The molecule has 0 heterocycles. The summed E-state index contributed by atoms with van der Waals surface area (Å²) < 4.78 is 28.7. The Kier molecular flexibility index (Phi) is 5.04. The lowest BCUT2D eigenvalue weighted by molar-refractivity contribution is 0.317. The van der Waals surface area contributed by atoms with E-state index in [0.717, 1.165) is 28.9 Å². The largest absolute Gasteiger partial charge is 0.493 e. The number of ether oxygens (including phenoxy) is 1. The maximum Gasteiger partial charge on any atom is 0.261 e. The Labute approximate surface area is 119 Å². The standard InChI is InChI=1S/C14H19ClO3S/c1-9(2)6-7-18-14-10(3)8-13(19(15,16)17)11(4)12(14)5/h8H,1,6-7H2,2-5H3. The first-order valence-corrected chi connectivity index (χ1v) is 8.28. The van der Waals surface area contributed by atoms with Crippen molar-refractivity contribution >= 4 is 19.7 Å². The van der Waals surface area contributed by atoms with Crippen LogP contribution >= 0.6 is 10.7 Å². The molecule has 0 radical (unpaired) electrons. The van der Waals surface area contributed by atoms with Crippen LogP contribution in [-0.2, 0) is 9.05 Å². The first kappa shape index (κ1) is 16.1. The minimum Gasteiger partial charge on any atom is -0.493 e. The van der Waals surface area contributed by atoms with Crippen molar-refractivity contribution in [3.8, 4) is 5.75 Å². The van der Waals surface area contributed by atoms with E-state index >= 15 is 0 Å². The van der Waals surface area contributed by atoms with Crippen LogP contribution in [0.1, 0.15) is 30.0 Å². The fourth-order valence-corrected chi connectivity index (χ4v) is 3.14. The highest BCUT2D eigenvalue weighted by Gasteiger charge is 2.19. The van der Waals surface area contributed by atoms with E-state index in [1.807, 2.05) is 20.8 Å². The molecule has 0 bridgehead atoms. The molecule has 0 aliphatic carbocycles. The summed E-state index contributed by atoms with van der Waals surface area (Å²) in [5.74, 6) is 0.725. The lowest BCUT2D eigenvalue weighted by atomic mass is 10.1. The van der Waals surface area contributed by atoms with Crippen LogP contribution in [-0.4, -0.2) is 15.0 Å². The van der Waals surface area contributed by atoms with Crippen LogP contribution in [0.4, 0.5) is 0 Å². The van der Waals surface area contributed by atoms with Gasteiger partial charge in [-0.15, -0.1) is 6.58 Å². The van der Waals surface area contributed by atoms with E-state index in [2.05, 4.69) is 6.58 Å². The second-order valence-corrected chi connectivity index (χ2v) is 7.30. The quantitative estimate of drug-likeness (QED) is 0.612. The minimum absolute atomic E-state index is 0.149. The monoisotopic (exact) mass is 302 g/mol. The highest BCUT2D eigenvalue weighted by molar-refractivity contribution is 8.13. The van der Waals surface area contributed by atoms with Gasteiger partial charge in [-0.05, 0) is 50.5 Å². The molecule has 19 heavy (non-hydrogen) atoms. The normalized spacial score (nSPS) is 11.4. The second kappa shape index (κ2) is 5.97. The van der Waals surface area contributed by atoms with Crippen LogP contribution in [0.2, 0.25) is 0 Å². The maximum atomic E-state index is 11.5. The summed E-state index contributed by atoms with van der Waals surface area (Å²) in [6.07, 6.45) is 0.771. The molecular weight excluding hydrogens is 284 g/mol. The van der Waals surface area contributed by atoms with E-state index in [1.54, 1.807) is 13.0 Å². The molecule has 0 unspecified atom stereocenters. The minimum atomic E-state index is -3.73. The smallest absolute Gasteiger partial charge is 0.261 e. The average molecular weight is 303 g/mol. The molecule has 1 rings (SSSR count). The number of hydrogen-bond acceptors (Lipinski definition) is 3. The molecule has 0 saturated heterocycles.